The van der Waals surface area contributed by atoms with E-state index in [1.807, 2.05) is 170 Å². The topological polar surface area (TPSA) is 103 Å². The van der Waals surface area contributed by atoms with Crippen molar-refractivity contribution in [3.63, 3.8) is 0 Å². The van der Waals surface area contributed by atoms with Crippen molar-refractivity contribution in [1.82, 2.24) is 39.9 Å². The number of aromatic nitrogens is 8. The van der Waals surface area contributed by atoms with Crippen molar-refractivity contribution >= 4 is 21.8 Å². The minimum absolute atomic E-state index is 0.624. The Morgan fingerprint density at radius 1 is 0.176 bits per heavy atom. The Morgan fingerprint density at radius 3 is 0.851 bits per heavy atom. The van der Waals surface area contributed by atoms with Crippen LogP contribution < -0.4 is 0 Å². The van der Waals surface area contributed by atoms with Gasteiger partial charge in [-0.05, 0) is 52.6 Å². The fourth-order valence-electron chi connectivity index (χ4n) is 9.39. The maximum absolute atomic E-state index is 5.16. The van der Waals surface area contributed by atoms with Gasteiger partial charge in [0.05, 0.1) is 33.8 Å². The first-order valence-corrected chi connectivity index (χ1v) is 24.5. The lowest BCUT2D eigenvalue weighted by atomic mass is 9.97. The number of benzene rings is 9. The van der Waals surface area contributed by atoms with Gasteiger partial charge in [-0.25, -0.2) is 39.9 Å². The van der Waals surface area contributed by atoms with E-state index in [1.54, 1.807) is 0 Å². The molecule has 0 aliphatic rings. The van der Waals surface area contributed by atoms with Gasteiger partial charge >= 0.3 is 0 Å². The summed E-state index contributed by atoms with van der Waals surface area (Å²) in [4.78, 5) is 40.8. The van der Waals surface area contributed by atoms with Crippen LogP contribution >= 0.6 is 0 Å². The number of nitrogens with zero attached hydrogens (tertiary/aromatic N) is 8. The van der Waals surface area contributed by atoms with Crippen molar-refractivity contribution in [3.8, 4) is 113 Å². The van der Waals surface area contributed by atoms with Crippen LogP contribution in [0, 0.1) is 0 Å². The molecule has 0 unspecified atom stereocenters. The molecule has 0 saturated heterocycles. The van der Waals surface area contributed by atoms with Crippen LogP contribution in [-0.4, -0.2) is 39.9 Å². The van der Waals surface area contributed by atoms with Crippen molar-refractivity contribution < 1.29 is 0 Å². The van der Waals surface area contributed by atoms with E-state index < -0.39 is 0 Å². The van der Waals surface area contributed by atoms with Gasteiger partial charge in [-0.2, -0.15) is 0 Å². The van der Waals surface area contributed by atoms with Gasteiger partial charge in [0.2, 0.25) is 0 Å². The zero-order valence-corrected chi connectivity index (χ0v) is 39.8. The molecule has 8 heteroatoms. The van der Waals surface area contributed by atoms with E-state index in [0.717, 1.165) is 112 Å². The highest BCUT2D eigenvalue weighted by Crippen LogP contribution is 2.36. The Balaban J connectivity index is 0.831. The summed E-state index contributed by atoms with van der Waals surface area (Å²) in [5.41, 5.74) is 16.3. The summed E-state index contributed by atoms with van der Waals surface area (Å²) in [6.45, 7) is 0. The molecular formula is C66H42N8. The minimum atomic E-state index is 0.624. The average Bonchev–Trinajstić information content (AvgIpc) is 3.49. The highest BCUT2D eigenvalue weighted by Gasteiger charge is 2.19. The molecule has 9 aromatic carbocycles. The van der Waals surface area contributed by atoms with E-state index in [9.17, 15) is 0 Å². The molecule has 13 aromatic rings. The summed E-state index contributed by atoms with van der Waals surface area (Å²) in [6, 6.07) is 86.5. The van der Waals surface area contributed by atoms with Crippen LogP contribution in [0.1, 0.15) is 0 Å². The predicted octanol–water partition coefficient (Wildman–Crippen LogP) is 15.8. The molecule has 0 atom stereocenters. The highest BCUT2D eigenvalue weighted by atomic mass is 15.0. The lowest BCUT2D eigenvalue weighted by molar-refractivity contribution is 1.15. The highest BCUT2D eigenvalue weighted by molar-refractivity contribution is 5.95. The molecule has 13 rings (SSSR count). The molecule has 0 amide bonds. The van der Waals surface area contributed by atoms with Crippen molar-refractivity contribution in [2.75, 3.05) is 0 Å². The molecule has 0 spiro atoms. The van der Waals surface area contributed by atoms with Crippen LogP contribution in [0.3, 0.4) is 0 Å². The summed E-state index contributed by atoms with van der Waals surface area (Å²) in [7, 11) is 0. The third-order valence-electron chi connectivity index (χ3n) is 13.2. The first-order chi connectivity index (χ1) is 36.6. The van der Waals surface area contributed by atoms with Gasteiger partial charge in [0.1, 0.15) is 11.4 Å². The van der Waals surface area contributed by atoms with Gasteiger partial charge < -0.3 is 0 Å². The van der Waals surface area contributed by atoms with Crippen LogP contribution in [0.25, 0.3) is 135 Å². The smallest absolute Gasteiger partial charge is 0.160 e. The number of hydrogen-bond acceptors (Lipinski definition) is 8. The van der Waals surface area contributed by atoms with Gasteiger partial charge in [-0.1, -0.05) is 224 Å². The van der Waals surface area contributed by atoms with Crippen molar-refractivity contribution in [2.45, 2.75) is 0 Å². The van der Waals surface area contributed by atoms with E-state index in [0.29, 0.717) is 23.3 Å². The van der Waals surface area contributed by atoms with Crippen LogP contribution in [0.4, 0.5) is 0 Å². The number of fused-ring (bicyclic) bond motifs is 2. The molecule has 0 bridgehead atoms. The largest absolute Gasteiger partial charge is 0.228 e. The van der Waals surface area contributed by atoms with Crippen molar-refractivity contribution in [1.29, 1.82) is 0 Å². The Morgan fingerprint density at radius 2 is 0.473 bits per heavy atom. The first kappa shape index (κ1) is 43.8. The molecule has 8 nitrogen and oxygen atoms in total. The quantitative estimate of drug-likeness (QED) is 0.134. The maximum Gasteiger partial charge on any atom is 0.160 e. The molecule has 0 aliphatic carbocycles. The molecule has 4 aromatic heterocycles. The van der Waals surface area contributed by atoms with E-state index in [4.69, 9.17) is 39.9 Å². The second kappa shape index (κ2) is 19.2. The Hall–Kier alpha value is -10.2. The first-order valence-electron chi connectivity index (χ1n) is 24.5. The molecule has 74 heavy (non-hydrogen) atoms. The van der Waals surface area contributed by atoms with Crippen LogP contribution in [0.5, 0.6) is 0 Å². The molecular weight excluding hydrogens is 905 g/mol. The van der Waals surface area contributed by atoms with Crippen molar-refractivity contribution in [2.24, 2.45) is 0 Å². The monoisotopic (exact) mass is 946 g/mol. The van der Waals surface area contributed by atoms with Crippen LogP contribution in [-0.2, 0) is 0 Å². The van der Waals surface area contributed by atoms with E-state index in [1.165, 1.54) is 0 Å². The molecule has 0 saturated carbocycles. The van der Waals surface area contributed by atoms with Gasteiger partial charge in [-0.3, -0.25) is 0 Å². The Bertz CT molecular complexity index is 3880. The molecule has 0 fully saturated rings. The third-order valence-corrected chi connectivity index (χ3v) is 13.2. The average molecular weight is 947 g/mol. The van der Waals surface area contributed by atoms with Gasteiger partial charge in [0, 0.05) is 44.2 Å². The van der Waals surface area contributed by atoms with Crippen LogP contribution in [0.2, 0.25) is 0 Å². The molecule has 0 aliphatic heterocycles. The van der Waals surface area contributed by atoms with Crippen LogP contribution in [0.15, 0.2) is 255 Å². The fraction of sp³-hybridized carbons (Fsp3) is 0. The molecule has 0 radical (unpaired) electrons. The Kier molecular flexibility index (Phi) is 11.4. The van der Waals surface area contributed by atoms with Gasteiger partial charge in [0.15, 0.2) is 23.3 Å². The van der Waals surface area contributed by atoms with E-state index >= 15 is 0 Å². The minimum Gasteiger partial charge on any atom is -0.228 e. The maximum atomic E-state index is 5.16. The van der Waals surface area contributed by atoms with Gasteiger partial charge in [0.25, 0.3) is 0 Å². The summed E-state index contributed by atoms with van der Waals surface area (Å²) in [5, 5.41) is 1.84. The standard InChI is InChI=1S/C66H42N8/c1-5-18-47(19-6-1)63-69-57(41-59(71-63)61-53-28-13-15-30-55(53)67-65(73-61)49-22-9-3-10-23-49)45-36-32-43(33-37-45)51-26-17-27-52(40-51)44-34-38-46(39-35-44)58-42-60(72-64(70-58)48-20-7-2-8-21-48)62-54-29-14-16-31-56(54)68-66(74-62)50-24-11-4-12-25-50/h1-42H. The SMILES string of the molecule is c1ccc(-c2nc(-c3ccc(-c4cccc(-c5ccc(-c6cc(-c7nc(-c8ccccc8)nc8ccccc78)nc(-c7ccccc7)n6)cc5)c4)cc3)cc(-c3nc(-c4ccccc4)nc4ccccc34)n2)cc1. The number of rotatable bonds is 10. The summed E-state index contributed by atoms with van der Waals surface area (Å²) in [6.07, 6.45) is 0. The summed E-state index contributed by atoms with van der Waals surface area (Å²) >= 11 is 0. The molecule has 4 heterocycles. The second-order valence-electron chi connectivity index (χ2n) is 17.9. The zero-order chi connectivity index (χ0) is 49.2. The predicted molar refractivity (Wildman–Crippen MR) is 298 cm³/mol. The van der Waals surface area contributed by atoms with Crippen molar-refractivity contribution in [3.05, 3.63) is 255 Å². The summed E-state index contributed by atoms with van der Waals surface area (Å²) < 4.78 is 0. The third kappa shape index (κ3) is 8.73. The van der Waals surface area contributed by atoms with E-state index in [-0.39, 0.29) is 0 Å². The lowest BCUT2D eigenvalue weighted by Crippen LogP contribution is -2.00. The number of hydrogen-bond donors (Lipinski definition) is 0. The Labute approximate surface area is 427 Å². The summed E-state index contributed by atoms with van der Waals surface area (Å²) in [5.74, 6) is 2.54. The fourth-order valence-corrected chi connectivity index (χ4v) is 9.39. The molecule has 346 valence electrons. The zero-order valence-electron chi connectivity index (χ0n) is 39.8. The number of para-hydroxylation sites is 2. The lowest BCUT2D eigenvalue weighted by Gasteiger charge is -2.13. The van der Waals surface area contributed by atoms with E-state index in [2.05, 4.69) is 84.9 Å². The molecule has 0 N–H and O–H groups in total. The van der Waals surface area contributed by atoms with Gasteiger partial charge in [-0.15, -0.1) is 0 Å². The normalized spacial score (nSPS) is 11.2. The second-order valence-corrected chi connectivity index (χ2v) is 17.9.